The quantitative estimate of drug-likeness (QED) is 0.396. The predicted octanol–water partition coefficient (Wildman–Crippen LogP) is 2.35. The minimum absolute atomic E-state index is 0.186. The number of amidine groups is 1. The zero-order valence-electron chi connectivity index (χ0n) is 11.0. The summed E-state index contributed by atoms with van der Waals surface area (Å²) < 4.78 is 0. The molecule has 0 aliphatic heterocycles. The molecule has 0 spiro atoms. The summed E-state index contributed by atoms with van der Waals surface area (Å²) in [4.78, 5) is 15.4. The minimum atomic E-state index is 0.186. The molecule has 1 atom stereocenters. The van der Waals surface area contributed by atoms with Crippen molar-refractivity contribution < 1.29 is 4.79 Å². The first-order valence-corrected chi connectivity index (χ1v) is 5.74. The molecular weight excluding hydrogens is 202 g/mol. The van der Waals surface area contributed by atoms with Crippen molar-refractivity contribution in [2.45, 2.75) is 40.0 Å². The smallest absolute Gasteiger partial charge is 0.133 e. The van der Waals surface area contributed by atoms with Crippen LogP contribution < -0.4 is 0 Å². The van der Waals surface area contributed by atoms with Gasteiger partial charge in [0, 0.05) is 39.1 Å². The van der Waals surface area contributed by atoms with Gasteiger partial charge in [0.2, 0.25) is 0 Å². The van der Waals surface area contributed by atoms with Crippen LogP contribution in [0, 0.1) is 5.92 Å². The van der Waals surface area contributed by atoms with E-state index in [4.69, 9.17) is 0 Å². The molecule has 92 valence electrons. The SMILES string of the molecule is CCCC(=O)CC(C)/C=N\N(C)C(C)=NC. The molecule has 16 heavy (non-hydrogen) atoms. The third-order valence-electron chi connectivity index (χ3n) is 2.36. The Hall–Kier alpha value is -1.19. The first kappa shape index (κ1) is 14.8. The Morgan fingerprint density at radius 1 is 1.50 bits per heavy atom. The Kier molecular flexibility index (Phi) is 7.42. The fraction of sp³-hybridized carbons (Fsp3) is 0.750. The number of carbonyl (C=O) groups excluding carboxylic acids is 1. The summed E-state index contributed by atoms with van der Waals surface area (Å²) in [6, 6.07) is 0. The van der Waals surface area contributed by atoms with Crippen LogP contribution in [0.25, 0.3) is 0 Å². The maximum atomic E-state index is 11.4. The van der Waals surface area contributed by atoms with Gasteiger partial charge in [-0.2, -0.15) is 5.10 Å². The fourth-order valence-corrected chi connectivity index (χ4v) is 1.23. The molecule has 4 heteroatoms. The summed E-state index contributed by atoms with van der Waals surface area (Å²) in [6.45, 7) is 5.92. The lowest BCUT2D eigenvalue weighted by Crippen LogP contribution is -2.19. The normalized spacial score (nSPS) is 14.2. The van der Waals surface area contributed by atoms with E-state index < -0.39 is 0 Å². The van der Waals surface area contributed by atoms with E-state index >= 15 is 0 Å². The second-order valence-corrected chi connectivity index (χ2v) is 4.03. The molecule has 0 bridgehead atoms. The molecular formula is C12H23N3O. The highest BCUT2D eigenvalue weighted by Gasteiger charge is 2.06. The van der Waals surface area contributed by atoms with Gasteiger partial charge in [0.15, 0.2) is 0 Å². The summed E-state index contributed by atoms with van der Waals surface area (Å²) in [5.41, 5.74) is 0. The van der Waals surface area contributed by atoms with Crippen molar-refractivity contribution in [2.24, 2.45) is 16.0 Å². The van der Waals surface area contributed by atoms with Crippen molar-refractivity contribution >= 4 is 17.8 Å². The van der Waals surface area contributed by atoms with Gasteiger partial charge in [0.25, 0.3) is 0 Å². The van der Waals surface area contributed by atoms with Crippen molar-refractivity contribution in [3.05, 3.63) is 0 Å². The second-order valence-electron chi connectivity index (χ2n) is 4.03. The third kappa shape index (κ3) is 6.32. The molecule has 0 aromatic rings. The number of aliphatic imine (C=N–C) groups is 1. The Morgan fingerprint density at radius 2 is 2.12 bits per heavy atom. The molecule has 0 saturated carbocycles. The van der Waals surface area contributed by atoms with Crippen LogP contribution in [-0.4, -0.2) is 36.9 Å². The largest absolute Gasteiger partial charge is 0.300 e. The van der Waals surface area contributed by atoms with Crippen LogP contribution in [0.4, 0.5) is 0 Å². The molecule has 0 aliphatic carbocycles. The molecule has 1 unspecified atom stereocenters. The van der Waals surface area contributed by atoms with Crippen molar-refractivity contribution in [1.29, 1.82) is 0 Å². The molecule has 0 rings (SSSR count). The Balaban J connectivity index is 4.08. The average Bonchev–Trinajstić information content (AvgIpc) is 2.24. The van der Waals surface area contributed by atoms with Gasteiger partial charge in [-0.05, 0) is 13.3 Å². The number of hydrogen-bond acceptors (Lipinski definition) is 3. The van der Waals surface area contributed by atoms with Gasteiger partial charge in [0.05, 0.1) is 0 Å². The van der Waals surface area contributed by atoms with E-state index in [0.717, 1.165) is 12.3 Å². The standard InChI is InChI=1S/C12H23N3O/c1-6-7-12(16)8-10(2)9-14-15(5)11(3)13-4/h9-10H,6-8H2,1-5H3/b13-11?,14-9-. The Bertz CT molecular complexity index is 271. The molecule has 0 radical (unpaired) electrons. The summed E-state index contributed by atoms with van der Waals surface area (Å²) in [6.07, 6.45) is 3.98. The molecule has 0 N–H and O–H groups in total. The second kappa shape index (κ2) is 8.02. The average molecular weight is 225 g/mol. The number of ketones is 1. The minimum Gasteiger partial charge on any atom is -0.300 e. The molecule has 4 nitrogen and oxygen atoms in total. The molecule has 0 saturated heterocycles. The molecule has 0 heterocycles. The molecule has 0 aromatic carbocycles. The molecule has 0 amide bonds. The lowest BCUT2D eigenvalue weighted by atomic mass is 10.0. The molecule has 0 fully saturated rings. The van der Waals surface area contributed by atoms with Crippen molar-refractivity contribution in [3.8, 4) is 0 Å². The number of carbonyl (C=O) groups is 1. The van der Waals surface area contributed by atoms with Gasteiger partial charge >= 0.3 is 0 Å². The Morgan fingerprint density at radius 3 is 2.62 bits per heavy atom. The van der Waals surface area contributed by atoms with Crippen LogP contribution in [0.15, 0.2) is 10.1 Å². The van der Waals surface area contributed by atoms with E-state index in [-0.39, 0.29) is 5.92 Å². The number of hydrogen-bond donors (Lipinski definition) is 0. The number of rotatable bonds is 6. The highest BCUT2D eigenvalue weighted by atomic mass is 16.1. The van der Waals surface area contributed by atoms with E-state index in [1.165, 1.54) is 0 Å². The third-order valence-corrected chi connectivity index (χ3v) is 2.36. The van der Waals surface area contributed by atoms with E-state index in [1.54, 1.807) is 12.1 Å². The molecule has 0 aromatic heterocycles. The number of Topliss-reactive ketones (excluding diaryl/α,β-unsaturated/α-hetero) is 1. The summed E-state index contributed by atoms with van der Waals surface area (Å²) in [5, 5.41) is 5.94. The topological polar surface area (TPSA) is 45.0 Å². The van der Waals surface area contributed by atoms with Crippen molar-refractivity contribution in [2.75, 3.05) is 14.1 Å². The van der Waals surface area contributed by atoms with Crippen LogP contribution in [-0.2, 0) is 4.79 Å². The summed E-state index contributed by atoms with van der Waals surface area (Å²) >= 11 is 0. The first-order valence-electron chi connectivity index (χ1n) is 5.74. The highest BCUT2D eigenvalue weighted by Crippen LogP contribution is 2.04. The van der Waals surface area contributed by atoms with Crippen LogP contribution in [0.1, 0.15) is 40.0 Å². The summed E-state index contributed by atoms with van der Waals surface area (Å²) in [7, 11) is 3.58. The lowest BCUT2D eigenvalue weighted by Gasteiger charge is -2.12. The first-order chi connectivity index (χ1) is 7.51. The lowest BCUT2D eigenvalue weighted by molar-refractivity contribution is -0.119. The van der Waals surface area contributed by atoms with Crippen LogP contribution >= 0.6 is 0 Å². The van der Waals surface area contributed by atoms with Gasteiger partial charge in [-0.1, -0.05) is 13.8 Å². The maximum Gasteiger partial charge on any atom is 0.133 e. The highest BCUT2D eigenvalue weighted by molar-refractivity contribution is 5.82. The molecule has 0 aliphatic rings. The fourth-order valence-electron chi connectivity index (χ4n) is 1.23. The van der Waals surface area contributed by atoms with Crippen LogP contribution in [0.5, 0.6) is 0 Å². The van der Waals surface area contributed by atoms with Gasteiger partial charge in [-0.3, -0.25) is 14.8 Å². The van der Waals surface area contributed by atoms with Crippen LogP contribution in [0.3, 0.4) is 0 Å². The van der Waals surface area contributed by atoms with Gasteiger partial charge < -0.3 is 0 Å². The van der Waals surface area contributed by atoms with Crippen molar-refractivity contribution in [3.63, 3.8) is 0 Å². The van der Waals surface area contributed by atoms with Gasteiger partial charge in [-0.25, -0.2) is 0 Å². The monoisotopic (exact) mass is 225 g/mol. The van der Waals surface area contributed by atoms with Crippen LogP contribution in [0.2, 0.25) is 0 Å². The zero-order chi connectivity index (χ0) is 12.6. The van der Waals surface area contributed by atoms with E-state index in [1.807, 2.05) is 34.0 Å². The number of nitrogens with zero attached hydrogens (tertiary/aromatic N) is 3. The van der Waals surface area contributed by atoms with E-state index in [2.05, 4.69) is 10.1 Å². The zero-order valence-corrected chi connectivity index (χ0v) is 11.0. The van der Waals surface area contributed by atoms with Gasteiger partial charge in [0.1, 0.15) is 11.6 Å². The number of hydrazone groups is 1. The van der Waals surface area contributed by atoms with Crippen molar-refractivity contribution in [1.82, 2.24) is 5.01 Å². The Labute approximate surface area is 98.4 Å². The predicted molar refractivity (Wildman–Crippen MR) is 69.0 cm³/mol. The van der Waals surface area contributed by atoms with E-state index in [0.29, 0.717) is 18.6 Å². The maximum absolute atomic E-state index is 11.4. The van der Waals surface area contributed by atoms with E-state index in [9.17, 15) is 4.79 Å². The van der Waals surface area contributed by atoms with Gasteiger partial charge in [-0.15, -0.1) is 0 Å². The summed E-state index contributed by atoms with van der Waals surface area (Å²) in [5.74, 6) is 1.35.